The van der Waals surface area contributed by atoms with Gasteiger partial charge in [-0.3, -0.25) is 4.98 Å². The van der Waals surface area contributed by atoms with Gasteiger partial charge in [0.15, 0.2) is 0 Å². The zero-order chi connectivity index (χ0) is 20.0. The number of para-hydroxylation sites is 1. The number of nitrogens with zero attached hydrogens (tertiary/aromatic N) is 1. The van der Waals surface area contributed by atoms with Crippen LogP contribution < -0.4 is 30.0 Å². The number of benzene rings is 1. The second-order valence-electron chi connectivity index (χ2n) is 8.00. The van der Waals surface area contributed by atoms with E-state index in [1.54, 1.807) is 6.20 Å². The summed E-state index contributed by atoms with van der Waals surface area (Å²) in [6.45, 7) is 10.3. The molecule has 0 spiro atoms. The number of pyridine rings is 1. The number of aromatic nitrogens is 1. The van der Waals surface area contributed by atoms with E-state index in [0.29, 0.717) is 0 Å². The molecule has 2 aromatic carbocycles. The molecule has 1 radical (unpaired) electrons. The maximum Gasteiger partial charge on any atom is 3.00 e. The molecule has 0 N–H and O–H groups in total. The van der Waals surface area contributed by atoms with Crippen LogP contribution in [0.1, 0.15) is 23.1 Å². The molecule has 0 atom stereocenters. The Morgan fingerprint density at radius 1 is 0.967 bits per heavy atom. The van der Waals surface area contributed by atoms with Gasteiger partial charge >= 0.3 is 23.5 Å². The van der Waals surface area contributed by atoms with Crippen LogP contribution in [0.4, 0.5) is 13.2 Å². The molecular formula is C22H25Cl2CrF3NSi. The minimum atomic E-state index is -4.12. The van der Waals surface area contributed by atoms with E-state index in [4.69, 9.17) is 0 Å². The van der Waals surface area contributed by atoms with E-state index in [9.17, 15) is 13.2 Å². The fourth-order valence-corrected chi connectivity index (χ4v) is 7.46. The molecule has 3 rings (SSSR count). The molecule has 30 heavy (non-hydrogen) atoms. The quantitative estimate of drug-likeness (QED) is 0.366. The Balaban J connectivity index is 0.00000280. The fourth-order valence-electron chi connectivity index (χ4n) is 4.10. The van der Waals surface area contributed by atoms with Gasteiger partial charge in [0.1, 0.15) is 0 Å². The molecule has 0 fully saturated rings. The predicted octanol–water partition coefficient (Wildman–Crippen LogP) is 0.419. The molecule has 0 bridgehead atoms. The van der Waals surface area contributed by atoms with Gasteiger partial charge in [0.25, 0.3) is 0 Å². The molecule has 8 heteroatoms. The SMILES string of the molecule is Cc1c(C)c([Si](C)(C)CCC(F)(F)F)[c-](-c2cccc3cccnc23)c1C.[Cl-].[Cl-].[Cr+3]. The first kappa shape index (κ1) is 29.1. The molecule has 1 nitrogen and oxygen atoms in total. The Morgan fingerprint density at radius 2 is 1.57 bits per heavy atom. The van der Waals surface area contributed by atoms with Crippen LogP contribution in [0.5, 0.6) is 0 Å². The number of rotatable bonds is 4. The first-order chi connectivity index (χ1) is 12.5. The molecule has 163 valence electrons. The molecule has 0 saturated carbocycles. The summed E-state index contributed by atoms with van der Waals surface area (Å²) in [5.74, 6) is 0. The standard InChI is InChI=1S/C22H25F3NSi.2ClH.Cr/c1-14-15(2)19(18-10-6-8-17-9-7-12-26-20(17)18)21(16(14)3)27(4,5)13-11-22(23,24)25;;;/h6-10,12H,11,13H2,1-5H3;2*1H;/q-1;;;+3/p-2. The summed E-state index contributed by atoms with van der Waals surface area (Å²) < 4.78 is 38.8. The summed E-state index contributed by atoms with van der Waals surface area (Å²) in [6.07, 6.45) is -3.06. The van der Waals surface area contributed by atoms with Crippen molar-refractivity contribution in [3.8, 4) is 11.1 Å². The average molecular weight is 511 g/mol. The van der Waals surface area contributed by atoms with Crippen molar-refractivity contribution in [1.29, 1.82) is 0 Å². The van der Waals surface area contributed by atoms with Gasteiger partial charge in [0.2, 0.25) is 0 Å². The second kappa shape index (κ2) is 10.6. The van der Waals surface area contributed by atoms with E-state index in [2.05, 4.69) is 38.8 Å². The average Bonchev–Trinajstić information content (AvgIpc) is 2.84. The van der Waals surface area contributed by atoms with Crippen LogP contribution >= 0.6 is 0 Å². The van der Waals surface area contributed by atoms with Crippen molar-refractivity contribution < 1.29 is 55.3 Å². The van der Waals surface area contributed by atoms with Gasteiger partial charge < -0.3 is 24.8 Å². The van der Waals surface area contributed by atoms with Gasteiger partial charge in [-0.2, -0.15) is 13.2 Å². The van der Waals surface area contributed by atoms with Crippen molar-refractivity contribution in [2.75, 3.05) is 0 Å². The molecule has 0 unspecified atom stereocenters. The van der Waals surface area contributed by atoms with E-state index < -0.39 is 20.7 Å². The minimum absolute atomic E-state index is 0. The smallest absolute Gasteiger partial charge is 1.00 e. The fraction of sp³-hybridized carbons (Fsp3) is 0.364. The molecule has 0 amide bonds. The molecule has 3 aromatic rings. The van der Waals surface area contributed by atoms with Crippen LogP contribution in [0.15, 0.2) is 36.5 Å². The molecule has 0 aliphatic heterocycles. The van der Waals surface area contributed by atoms with E-state index in [0.717, 1.165) is 38.3 Å². The van der Waals surface area contributed by atoms with Gasteiger partial charge in [-0.05, 0) is 17.5 Å². The second-order valence-corrected chi connectivity index (χ2v) is 12.8. The van der Waals surface area contributed by atoms with E-state index in [-0.39, 0.29) is 48.2 Å². The van der Waals surface area contributed by atoms with Crippen molar-refractivity contribution in [2.45, 2.75) is 52.5 Å². The third-order valence-electron chi connectivity index (χ3n) is 5.74. The van der Waals surface area contributed by atoms with Crippen molar-refractivity contribution in [2.24, 2.45) is 0 Å². The maximum absolute atomic E-state index is 12.9. The number of hydrogen-bond acceptors (Lipinski definition) is 1. The van der Waals surface area contributed by atoms with Crippen molar-refractivity contribution >= 4 is 24.2 Å². The van der Waals surface area contributed by atoms with Gasteiger partial charge in [-0.1, -0.05) is 63.2 Å². The van der Waals surface area contributed by atoms with Crippen molar-refractivity contribution in [3.63, 3.8) is 0 Å². The Bertz CT molecular complexity index is 995. The van der Waals surface area contributed by atoms with Crippen LogP contribution in [0.25, 0.3) is 22.0 Å². The normalized spacial score (nSPS) is 11.5. The summed E-state index contributed by atoms with van der Waals surface area (Å²) >= 11 is 0. The number of hydrogen-bond donors (Lipinski definition) is 0. The first-order valence-electron chi connectivity index (χ1n) is 9.21. The summed E-state index contributed by atoms with van der Waals surface area (Å²) in [6, 6.07) is 10.2. The third-order valence-corrected chi connectivity index (χ3v) is 9.22. The monoisotopic (exact) mass is 510 g/mol. The van der Waals surface area contributed by atoms with Crippen LogP contribution in [-0.4, -0.2) is 19.2 Å². The van der Waals surface area contributed by atoms with Gasteiger partial charge in [0.05, 0.1) is 8.07 Å². The predicted molar refractivity (Wildman–Crippen MR) is 110 cm³/mol. The van der Waals surface area contributed by atoms with Crippen molar-refractivity contribution in [1.82, 2.24) is 4.98 Å². The zero-order valence-electron chi connectivity index (χ0n) is 17.6. The number of alkyl halides is 3. The van der Waals surface area contributed by atoms with Crippen LogP contribution in [0.3, 0.4) is 0 Å². The van der Waals surface area contributed by atoms with Gasteiger partial charge in [0, 0.05) is 18.1 Å². The summed E-state index contributed by atoms with van der Waals surface area (Å²) in [5.41, 5.74) is 6.54. The summed E-state index contributed by atoms with van der Waals surface area (Å²) in [5, 5.41) is 2.20. The van der Waals surface area contributed by atoms with Gasteiger partial charge in [-0.25, -0.2) is 0 Å². The third kappa shape index (κ3) is 5.66. The van der Waals surface area contributed by atoms with E-state index >= 15 is 0 Å². The maximum atomic E-state index is 12.9. The summed E-state index contributed by atoms with van der Waals surface area (Å²) in [7, 11) is -2.31. The Labute approximate surface area is 200 Å². The van der Waals surface area contributed by atoms with Crippen LogP contribution in [-0.2, 0) is 17.4 Å². The van der Waals surface area contributed by atoms with Crippen LogP contribution in [0.2, 0.25) is 19.1 Å². The topological polar surface area (TPSA) is 12.9 Å². The van der Waals surface area contributed by atoms with Gasteiger partial charge in [-0.15, -0.1) is 27.9 Å². The minimum Gasteiger partial charge on any atom is -1.00 e. The largest absolute Gasteiger partial charge is 3.00 e. The molecular weight excluding hydrogens is 486 g/mol. The molecule has 0 saturated heterocycles. The van der Waals surface area contributed by atoms with E-state index in [1.165, 1.54) is 5.56 Å². The first-order valence-corrected chi connectivity index (χ1v) is 12.4. The molecule has 0 aliphatic rings. The van der Waals surface area contributed by atoms with Crippen molar-refractivity contribution in [3.05, 3.63) is 53.2 Å². The van der Waals surface area contributed by atoms with E-state index in [1.807, 2.05) is 30.3 Å². The molecule has 0 aliphatic carbocycles. The molecule has 1 aromatic heterocycles. The van der Waals surface area contributed by atoms with Crippen LogP contribution in [0, 0.1) is 20.8 Å². The number of fused-ring (bicyclic) bond motifs is 1. The zero-order valence-corrected chi connectivity index (χ0v) is 21.4. The Kier molecular flexibility index (Phi) is 10.3. The Hall–Kier alpha value is -0.901. The summed E-state index contributed by atoms with van der Waals surface area (Å²) in [4.78, 5) is 4.58. The molecule has 1 heterocycles. The number of halogens is 5. The Morgan fingerprint density at radius 3 is 2.17 bits per heavy atom.